The number of fused-ring (bicyclic) bond motifs is 1. The molecule has 3 aromatic rings. The second-order valence-corrected chi connectivity index (χ2v) is 6.65. The quantitative estimate of drug-likeness (QED) is 0.743. The number of nitrogens with one attached hydrogen (secondary N) is 1. The third kappa shape index (κ3) is 3.73. The number of aryl methyl sites for hydroxylation is 1. The summed E-state index contributed by atoms with van der Waals surface area (Å²) < 4.78 is 7.14. The highest BCUT2D eigenvalue weighted by molar-refractivity contribution is 6.04. The van der Waals surface area contributed by atoms with E-state index in [-0.39, 0.29) is 25.0 Å². The van der Waals surface area contributed by atoms with Crippen LogP contribution in [0.3, 0.4) is 0 Å². The van der Waals surface area contributed by atoms with Gasteiger partial charge in [-0.25, -0.2) is 4.68 Å². The van der Waals surface area contributed by atoms with Crippen molar-refractivity contribution in [2.45, 2.75) is 13.5 Å². The Balaban J connectivity index is 1.47. The third-order valence-electron chi connectivity index (χ3n) is 4.51. The molecule has 0 atom stereocenters. The van der Waals surface area contributed by atoms with Crippen LogP contribution in [0.2, 0.25) is 0 Å². The largest absolute Gasteiger partial charge is 0.482 e. The SMILES string of the molecule is Cc1cccc(Cn2nccc2NC(=O)CN2C(=O)COc3ccccc32)c1. The van der Waals surface area contributed by atoms with Gasteiger partial charge in [-0.1, -0.05) is 42.0 Å². The number of nitrogens with zero attached hydrogens (tertiary/aromatic N) is 3. The van der Waals surface area contributed by atoms with E-state index in [9.17, 15) is 9.59 Å². The zero-order valence-electron chi connectivity index (χ0n) is 15.5. The first-order valence-corrected chi connectivity index (χ1v) is 8.99. The number of hydrogen-bond acceptors (Lipinski definition) is 4. The molecule has 2 amide bonds. The van der Waals surface area contributed by atoms with Gasteiger partial charge in [0.15, 0.2) is 6.61 Å². The number of benzene rings is 2. The van der Waals surface area contributed by atoms with Gasteiger partial charge in [0.2, 0.25) is 5.91 Å². The van der Waals surface area contributed by atoms with Crippen LogP contribution in [0.1, 0.15) is 11.1 Å². The molecule has 2 aromatic carbocycles. The Morgan fingerprint density at radius 2 is 2.04 bits per heavy atom. The van der Waals surface area contributed by atoms with Crippen molar-refractivity contribution in [1.29, 1.82) is 0 Å². The highest BCUT2D eigenvalue weighted by Gasteiger charge is 2.27. The molecule has 0 fully saturated rings. The van der Waals surface area contributed by atoms with Crippen LogP contribution in [0.25, 0.3) is 0 Å². The van der Waals surface area contributed by atoms with Crippen molar-refractivity contribution in [2.24, 2.45) is 0 Å². The molecule has 0 radical (unpaired) electrons. The van der Waals surface area contributed by atoms with Crippen LogP contribution < -0.4 is 15.0 Å². The van der Waals surface area contributed by atoms with Gasteiger partial charge in [0.05, 0.1) is 18.4 Å². The van der Waals surface area contributed by atoms with Crippen LogP contribution in [0.5, 0.6) is 5.75 Å². The predicted octanol–water partition coefficient (Wildman–Crippen LogP) is 2.60. The number of rotatable bonds is 5. The molecule has 1 aromatic heterocycles. The maximum absolute atomic E-state index is 12.6. The molecule has 1 N–H and O–H groups in total. The van der Waals surface area contributed by atoms with Gasteiger partial charge in [-0.05, 0) is 24.6 Å². The fourth-order valence-corrected chi connectivity index (χ4v) is 3.20. The second kappa shape index (κ2) is 7.56. The van der Waals surface area contributed by atoms with Crippen molar-refractivity contribution in [3.63, 3.8) is 0 Å². The summed E-state index contributed by atoms with van der Waals surface area (Å²) >= 11 is 0. The minimum Gasteiger partial charge on any atom is -0.482 e. The van der Waals surface area contributed by atoms with E-state index in [4.69, 9.17) is 4.74 Å². The summed E-state index contributed by atoms with van der Waals surface area (Å²) in [7, 11) is 0. The average molecular weight is 376 g/mol. The van der Waals surface area contributed by atoms with Gasteiger partial charge >= 0.3 is 0 Å². The van der Waals surface area contributed by atoms with Gasteiger partial charge in [-0.2, -0.15) is 5.10 Å². The molecule has 142 valence electrons. The van der Waals surface area contributed by atoms with E-state index in [0.29, 0.717) is 23.8 Å². The molecular weight excluding hydrogens is 356 g/mol. The van der Waals surface area contributed by atoms with Crippen LogP contribution >= 0.6 is 0 Å². The summed E-state index contributed by atoms with van der Waals surface area (Å²) in [4.78, 5) is 26.3. The van der Waals surface area contributed by atoms with Gasteiger partial charge in [0.25, 0.3) is 5.91 Å². The summed E-state index contributed by atoms with van der Waals surface area (Å²) in [5.74, 6) is 0.637. The number of carbonyl (C=O) groups is 2. The van der Waals surface area contributed by atoms with E-state index in [2.05, 4.69) is 16.5 Å². The van der Waals surface area contributed by atoms with Gasteiger partial charge in [0, 0.05) is 6.07 Å². The zero-order valence-corrected chi connectivity index (χ0v) is 15.5. The molecule has 0 unspecified atom stereocenters. The van der Waals surface area contributed by atoms with Crippen LogP contribution in [0.15, 0.2) is 60.8 Å². The van der Waals surface area contributed by atoms with Gasteiger partial charge in [-0.15, -0.1) is 0 Å². The standard InChI is InChI=1S/C21H20N4O3/c1-15-5-4-6-16(11-15)12-25-19(9-10-22-25)23-20(26)13-24-17-7-2-3-8-18(17)28-14-21(24)27/h2-11H,12-14H2,1H3,(H,23,26). The van der Waals surface area contributed by atoms with Gasteiger partial charge in [-0.3, -0.25) is 14.5 Å². The Morgan fingerprint density at radius 3 is 2.89 bits per heavy atom. The molecule has 0 bridgehead atoms. The number of para-hydroxylation sites is 2. The fraction of sp³-hybridized carbons (Fsp3) is 0.190. The maximum atomic E-state index is 12.6. The number of amides is 2. The Bertz CT molecular complexity index is 1030. The number of anilines is 2. The minimum absolute atomic E-state index is 0.0738. The highest BCUT2D eigenvalue weighted by atomic mass is 16.5. The number of aromatic nitrogens is 2. The van der Waals surface area contributed by atoms with Crippen LogP contribution in [-0.2, 0) is 16.1 Å². The summed E-state index contributed by atoms with van der Waals surface area (Å²) in [5, 5.41) is 7.14. The Hall–Kier alpha value is -3.61. The Kier molecular flexibility index (Phi) is 4.80. The van der Waals surface area contributed by atoms with E-state index in [1.165, 1.54) is 10.5 Å². The molecule has 4 rings (SSSR count). The summed E-state index contributed by atoms with van der Waals surface area (Å²) in [5.41, 5.74) is 2.86. The summed E-state index contributed by atoms with van der Waals surface area (Å²) in [6.07, 6.45) is 1.64. The van der Waals surface area contributed by atoms with Gasteiger partial charge in [0.1, 0.15) is 18.1 Å². The van der Waals surface area contributed by atoms with E-state index in [1.54, 1.807) is 29.1 Å². The first kappa shape index (κ1) is 17.8. The number of carbonyl (C=O) groups excluding carboxylic acids is 2. The molecule has 2 heterocycles. The van der Waals surface area contributed by atoms with Crippen molar-refractivity contribution < 1.29 is 14.3 Å². The molecule has 7 nitrogen and oxygen atoms in total. The van der Waals surface area contributed by atoms with E-state index < -0.39 is 0 Å². The van der Waals surface area contributed by atoms with Gasteiger partial charge < -0.3 is 10.1 Å². The zero-order chi connectivity index (χ0) is 19.5. The van der Waals surface area contributed by atoms with Crippen molar-refractivity contribution in [2.75, 3.05) is 23.4 Å². The topological polar surface area (TPSA) is 76.5 Å². The van der Waals surface area contributed by atoms with Crippen molar-refractivity contribution >= 4 is 23.3 Å². The van der Waals surface area contributed by atoms with Crippen LogP contribution in [-0.4, -0.2) is 34.7 Å². The van der Waals surface area contributed by atoms with E-state index in [1.807, 2.05) is 37.3 Å². The number of ether oxygens (including phenoxy) is 1. The molecule has 1 aliphatic heterocycles. The first-order chi connectivity index (χ1) is 13.6. The first-order valence-electron chi connectivity index (χ1n) is 8.99. The number of hydrogen-bond donors (Lipinski definition) is 1. The maximum Gasteiger partial charge on any atom is 0.265 e. The average Bonchev–Trinajstić information content (AvgIpc) is 3.10. The second-order valence-electron chi connectivity index (χ2n) is 6.65. The molecule has 28 heavy (non-hydrogen) atoms. The molecular formula is C21H20N4O3. The minimum atomic E-state index is -0.295. The highest BCUT2D eigenvalue weighted by Crippen LogP contribution is 2.31. The van der Waals surface area contributed by atoms with Crippen LogP contribution in [0.4, 0.5) is 11.5 Å². The lowest BCUT2D eigenvalue weighted by molar-refractivity contribution is -0.123. The lowest BCUT2D eigenvalue weighted by atomic mass is 10.1. The predicted molar refractivity (Wildman–Crippen MR) is 105 cm³/mol. The van der Waals surface area contributed by atoms with E-state index >= 15 is 0 Å². The molecule has 0 saturated heterocycles. The van der Waals surface area contributed by atoms with E-state index in [0.717, 1.165) is 5.56 Å². The molecule has 1 aliphatic rings. The summed E-state index contributed by atoms with van der Waals surface area (Å²) in [6.45, 7) is 2.42. The van der Waals surface area contributed by atoms with Crippen molar-refractivity contribution in [3.8, 4) is 5.75 Å². The molecule has 0 spiro atoms. The third-order valence-corrected chi connectivity index (χ3v) is 4.51. The Morgan fingerprint density at radius 1 is 1.18 bits per heavy atom. The monoisotopic (exact) mass is 376 g/mol. The van der Waals surface area contributed by atoms with Crippen molar-refractivity contribution in [1.82, 2.24) is 9.78 Å². The Labute approximate surface area is 162 Å². The molecule has 0 aliphatic carbocycles. The smallest absolute Gasteiger partial charge is 0.265 e. The normalized spacial score (nSPS) is 13.0. The van der Waals surface area contributed by atoms with Crippen molar-refractivity contribution in [3.05, 3.63) is 71.9 Å². The molecule has 0 saturated carbocycles. The van der Waals surface area contributed by atoms with Crippen LogP contribution in [0, 0.1) is 6.92 Å². The lowest BCUT2D eigenvalue weighted by Crippen LogP contribution is -2.43. The fourth-order valence-electron chi connectivity index (χ4n) is 3.20. The summed E-state index contributed by atoms with van der Waals surface area (Å²) in [6, 6.07) is 17.0. The lowest BCUT2D eigenvalue weighted by Gasteiger charge is -2.28. The molecule has 7 heteroatoms.